The van der Waals surface area contributed by atoms with Crippen molar-refractivity contribution >= 4 is 21.8 Å². The summed E-state index contributed by atoms with van der Waals surface area (Å²) in [5.41, 5.74) is 3.42. The van der Waals surface area contributed by atoms with Gasteiger partial charge in [-0.2, -0.15) is 0 Å². The van der Waals surface area contributed by atoms with Crippen molar-refractivity contribution < 1.29 is 4.79 Å². The van der Waals surface area contributed by atoms with Crippen LogP contribution in [-0.2, 0) is 12.8 Å². The smallest absolute Gasteiger partial charge is 0.268 e. The third-order valence-corrected chi connectivity index (χ3v) is 4.42. The largest absolute Gasteiger partial charge is 0.347 e. The standard InChI is InChI=1S/C17H19BrN2O/c1-11(2)20-10-14(18)9-16(20)17(21)19-15-7-12-5-3-4-6-13(12)8-15/h3-6,9-11,15H,7-8H2,1-2H3,(H,19,21). The van der Waals surface area contributed by atoms with Gasteiger partial charge in [0.2, 0.25) is 0 Å². The second-order valence-electron chi connectivity index (χ2n) is 5.89. The van der Waals surface area contributed by atoms with Crippen LogP contribution in [0.1, 0.15) is 41.5 Å². The molecule has 0 bridgehead atoms. The Morgan fingerprint density at radius 3 is 2.48 bits per heavy atom. The van der Waals surface area contributed by atoms with Gasteiger partial charge in [0.25, 0.3) is 5.91 Å². The molecule has 1 amide bonds. The maximum Gasteiger partial charge on any atom is 0.268 e. The SMILES string of the molecule is CC(C)n1cc(Br)cc1C(=O)NC1Cc2ccccc2C1. The number of fused-ring (bicyclic) bond motifs is 1. The van der Waals surface area contributed by atoms with Crippen LogP contribution in [0.2, 0.25) is 0 Å². The van der Waals surface area contributed by atoms with E-state index >= 15 is 0 Å². The minimum absolute atomic E-state index is 0.00667. The maximum absolute atomic E-state index is 12.5. The first-order valence-electron chi connectivity index (χ1n) is 7.29. The van der Waals surface area contributed by atoms with Crippen molar-refractivity contribution in [1.82, 2.24) is 9.88 Å². The van der Waals surface area contributed by atoms with Crippen molar-refractivity contribution in [2.75, 3.05) is 0 Å². The summed E-state index contributed by atoms with van der Waals surface area (Å²) in [4.78, 5) is 12.5. The fraction of sp³-hybridized carbons (Fsp3) is 0.353. The average molecular weight is 347 g/mol. The highest BCUT2D eigenvalue weighted by molar-refractivity contribution is 9.10. The van der Waals surface area contributed by atoms with Crippen molar-refractivity contribution in [2.45, 2.75) is 38.8 Å². The molecule has 0 saturated heterocycles. The number of carbonyl (C=O) groups is 1. The molecule has 21 heavy (non-hydrogen) atoms. The zero-order chi connectivity index (χ0) is 15.0. The number of hydrogen-bond acceptors (Lipinski definition) is 1. The third-order valence-electron chi connectivity index (χ3n) is 3.99. The molecular formula is C17H19BrN2O. The van der Waals surface area contributed by atoms with Gasteiger partial charge in [0.15, 0.2) is 0 Å². The molecule has 0 radical (unpaired) electrons. The molecule has 3 rings (SSSR count). The summed E-state index contributed by atoms with van der Waals surface area (Å²) < 4.78 is 2.94. The van der Waals surface area contributed by atoms with Gasteiger partial charge in [-0.05, 0) is 59.8 Å². The van der Waals surface area contributed by atoms with E-state index in [4.69, 9.17) is 0 Å². The zero-order valence-corrected chi connectivity index (χ0v) is 13.9. The Morgan fingerprint density at radius 2 is 1.90 bits per heavy atom. The Morgan fingerprint density at radius 1 is 1.29 bits per heavy atom. The number of amides is 1. The molecule has 0 unspecified atom stereocenters. The second kappa shape index (κ2) is 5.68. The lowest BCUT2D eigenvalue weighted by Gasteiger charge is -2.15. The van der Waals surface area contributed by atoms with Crippen LogP contribution in [0.4, 0.5) is 0 Å². The highest BCUT2D eigenvalue weighted by Gasteiger charge is 2.24. The van der Waals surface area contributed by atoms with Crippen LogP contribution in [0.25, 0.3) is 0 Å². The highest BCUT2D eigenvalue weighted by atomic mass is 79.9. The van der Waals surface area contributed by atoms with Crippen LogP contribution in [0, 0.1) is 0 Å². The second-order valence-corrected chi connectivity index (χ2v) is 6.81. The third kappa shape index (κ3) is 2.91. The average Bonchev–Trinajstić information content (AvgIpc) is 3.01. The van der Waals surface area contributed by atoms with Crippen LogP contribution in [0.3, 0.4) is 0 Å². The van der Waals surface area contributed by atoms with Crippen LogP contribution in [0.15, 0.2) is 41.0 Å². The maximum atomic E-state index is 12.5. The molecule has 1 aromatic carbocycles. The lowest BCUT2D eigenvalue weighted by atomic mass is 10.1. The first kappa shape index (κ1) is 14.4. The predicted octanol–water partition coefficient (Wildman–Crippen LogP) is 3.73. The number of halogens is 1. The molecule has 0 atom stereocenters. The molecule has 1 heterocycles. The number of carbonyl (C=O) groups excluding carboxylic acids is 1. The van der Waals surface area contributed by atoms with Crippen LogP contribution >= 0.6 is 15.9 Å². The lowest BCUT2D eigenvalue weighted by molar-refractivity contribution is 0.0927. The summed E-state index contributed by atoms with van der Waals surface area (Å²) in [7, 11) is 0. The van der Waals surface area contributed by atoms with Crippen molar-refractivity contribution in [3.63, 3.8) is 0 Å². The van der Waals surface area contributed by atoms with Crippen molar-refractivity contribution in [1.29, 1.82) is 0 Å². The van der Waals surface area contributed by atoms with Gasteiger partial charge in [-0.1, -0.05) is 24.3 Å². The Bertz CT molecular complexity index is 650. The van der Waals surface area contributed by atoms with Gasteiger partial charge < -0.3 is 9.88 Å². The van der Waals surface area contributed by atoms with E-state index in [9.17, 15) is 4.79 Å². The summed E-state index contributed by atoms with van der Waals surface area (Å²) in [5, 5.41) is 3.17. The van der Waals surface area contributed by atoms with E-state index in [0.717, 1.165) is 17.3 Å². The molecule has 0 aliphatic heterocycles. The van der Waals surface area contributed by atoms with Gasteiger partial charge in [0, 0.05) is 22.8 Å². The van der Waals surface area contributed by atoms with Crippen molar-refractivity contribution in [3.05, 3.63) is 57.8 Å². The lowest BCUT2D eigenvalue weighted by Crippen LogP contribution is -2.36. The van der Waals surface area contributed by atoms with E-state index < -0.39 is 0 Å². The molecule has 2 aromatic rings. The minimum atomic E-state index is 0.00667. The van der Waals surface area contributed by atoms with E-state index in [1.54, 1.807) is 0 Å². The molecule has 0 fully saturated rings. The number of aromatic nitrogens is 1. The number of rotatable bonds is 3. The van der Waals surface area contributed by atoms with Gasteiger partial charge >= 0.3 is 0 Å². The number of nitrogens with one attached hydrogen (secondary N) is 1. The minimum Gasteiger partial charge on any atom is -0.347 e. The van der Waals surface area contributed by atoms with Gasteiger partial charge in [0.05, 0.1) is 0 Å². The Kier molecular flexibility index (Phi) is 3.89. The quantitative estimate of drug-likeness (QED) is 0.902. The molecule has 4 heteroatoms. The zero-order valence-electron chi connectivity index (χ0n) is 12.3. The first-order chi connectivity index (χ1) is 10.0. The Balaban J connectivity index is 1.74. The summed E-state index contributed by atoms with van der Waals surface area (Å²) in [5.74, 6) is 0.00667. The first-order valence-corrected chi connectivity index (χ1v) is 8.09. The molecule has 3 nitrogen and oxygen atoms in total. The van der Waals surface area contributed by atoms with Crippen LogP contribution in [-0.4, -0.2) is 16.5 Å². The fourth-order valence-electron chi connectivity index (χ4n) is 2.98. The summed E-state index contributed by atoms with van der Waals surface area (Å²) in [6, 6.07) is 10.8. The molecule has 1 aliphatic carbocycles. The molecular weight excluding hydrogens is 328 g/mol. The molecule has 1 N–H and O–H groups in total. The Labute approximate surface area is 133 Å². The van der Waals surface area contributed by atoms with Crippen LogP contribution < -0.4 is 5.32 Å². The monoisotopic (exact) mass is 346 g/mol. The number of hydrogen-bond donors (Lipinski definition) is 1. The molecule has 1 aromatic heterocycles. The van der Waals surface area contributed by atoms with Gasteiger partial charge in [-0.15, -0.1) is 0 Å². The molecule has 110 valence electrons. The highest BCUT2D eigenvalue weighted by Crippen LogP contribution is 2.23. The van der Waals surface area contributed by atoms with E-state index in [1.165, 1.54) is 11.1 Å². The van der Waals surface area contributed by atoms with E-state index in [1.807, 2.05) is 16.8 Å². The van der Waals surface area contributed by atoms with Gasteiger partial charge in [0.1, 0.15) is 5.69 Å². The Hall–Kier alpha value is -1.55. The van der Waals surface area contributed by atoms with Gasteiger partial charge in [-0.25, -0.2) is 0 Å². The van der Waals surface area contributed by atoms with E-state index in [0.29, 0.717) is 5.69 Å². The number of nitrogens with zero attached hydrogens (tertiary/aromatic N) is 1. The summed E-state index contributed by atoms with van der Waals surface area (Å²) >= 11 is 3.45. The van der Waals surface area contributed by atoms with E-state index in [-0.39, 0.29) is 18.0 Å². The predicted molar refractivity (Wildman–Crippen MR) is 87.6 cm³/mol. The van der Waals surface area contributed by atoms with E-state index in [2.05, 4.69) is 59.4 Å². The topological polar surface area (TPSA) is 34.0 Å². The van der Waals surface area contributed by atoms with Crippen molar-refractivity contribution in [2.24, 2.45) is 0 Å². The van der Waals surface area contributed by atoms with Crippen molar-refractivity contribution in [3.8, 4) is 0 Å². The van der Waals surface area contributed by atoms with Gasteiger partial charge in [-0.3, -0.25) is 4.79 Å². The normalized spacial score (nSPS) is 14.5. The fourth-order valence-corrected chi connectivity index (χ4v) is 3.41. The molecule has 1 aliphatic rings. The summed E-state index contributed by atoms with van der Waals surface area (Å²) in [6.07, 6.45) is 3.81. The summed E-state index contributed by atoms with van der Waals surface area (Å²) in [6.45, 7) is 4.16. The van der Waals surface area contributed by atoms with Crippen LogP contribution in [0.5, 0.6) is 0 Å². The molecule has 0 saturated carbocycles. The molecule has 0 spiro atoms. The number of benzene rings is 1.